The Morgan fingerprint density at radius 1 is 1.50 bits per heavy atom. The van der Waals surface area contributed by atoms with Gasteiger partial charge in [0.1, 0.15) is 0 Å². The summed E-state index contributed by atoms with van der Waals surface area (Å²) in [6.07, 6.45) is 1.04. The van der Waals surface area contributed by atoms with E-state index >= 15 is 0 Å². The molecule has 74 valence electrons. The molecule has 0 spiro atoms. The SMILES string of the molecule is CCc1cc(Cl)c2ccsc2c1CBr. The van der Waals surface area contributed by atoms with Gasteiger partial charge in [0, 0.05) is 20.4 Å². The largest absolute Gasteiger partial charge is 0.143 e. The lowest BCUT2D eigenvalue weighted by molar-refractivity contribution is 1.12. The molecule has 0 unspecified atom stereocenters. The summed E-state index contributed by atoms with van der Waals surface area (Å²) in [7, 11) is 0. The van der Waals surface area contributed by atoms with Crippen molar-refractivity contribution in [2.75, 3.05) is 0 Å². The summed E-state index contributed by atoms with van der Waals surface area (Å²) in [5.74, 6) is 0. The molecule has 1 aromatic carbocycles. The van der Waals surface area contributed by atoms with E-state index in [2.05, 4.69) is 40.4 Å². The lowest BCUT2D eigenvalue weighted by atomic mass is 10.0. The van der Waals surface area contributed by atoms with Crippen LogP contribution in [0.4, 0.5) is 0 Å². The standard InChI is InChI=1S/C11H10BrClS/c1-2-7-5-10(13)8-3-4-14-11(8)9(7)6-12/h3-5H,2,6H2,1H3. The zero-order valence-electron chi connectivity index (χ0n) is 7.81. The van der Waals surface area contributed by atoms with Crippen LogP contribution in [0.3, 0.4) is 0 Å². The van der Waals surface area contributed by atoms with Gasteiger partial charge in [-0.15, -0.1) is 11.3 Å². The van der Waals surface area contributed by atoms with E-state index in [1.807, 2.05) is 0 Å². The van der Waals surface area contributed by atoms with Crippen LogP contribution in [0.1, 0.15) is 18.1 Å². The first-order valence-corrected chi connectivity index (χ1v) is 6.89. The van der Waals surface area contributed by atoms with E-state index in [0.717, 1.165) is 16.8 Å². The van der Waals surface area contributed by atoms with Gasteiger partial charge in [0.25, 0.3) is 0 Å². The molecule has 14 heavy (non-hydrogen) atoms. The Morgan fingerprint density at radius 3 is 2.93 bits per heavy atom. The molecule has 0 saturated carbocycles. The van der Waals surface area contributed by atoms with Crippen molar-refractivity contribution < 1.29 is 0 Å². The van der Waals surface area contributed by atoms with Gasteiger partial charge in [-0.3, -0.25) is 0 Å². The van der Waals surface area contributed by atoms with Gasteiger partial charge in [0.05, 0.1) is 0 Å². The molecule has 2 rings (SSSR count). The lowest BCUT2D eigenvalue weighted by Gasteiger charge is -2.07. The van der Waals surface area contributed by atoms with Gasteiger partial charge in [0.15, 0.2) is 0 Å². The molecule has 1 aromatic heterocycles. The van der Waals surface area contributed by atoms with Gasteiger partial charge >= 0.3 is 0 Å². The minimum atomic E-state index is 0.878. The molecule has 0 aliphatic rings. The summed E-state index contributed by atoms with van der Waals surface area (Å²) < 4.78 is 1.33. The Hall–Kier alpha value is -0.0500. The average Bonchev–Trinajstić information content (AvgIpc) is 2.66. The Kier molecular flexibility index (Phi) is 3.15. The Bertz CT molecular complexity index is 462. The van der Waals surface area contributed by atoms with Crippen molar-refractivity contribution in [2.24, 2.45) is 0 Å². The highest BCUT2D eigenvalue weighted by molar-refractivity contribution is 9.08. The quantitative estimate of drug-likeness (QED) is 0.682. The highest BCUT2D eigenvalue weighted by atomic mass is 79.9. The van der Waals surface area contributed by atoms with Gasteiger partial charge < -0.3 is 0 Å². The van der Waals surface area contributed by atoms with E-state index in [9.17, 15) is 0 Å². The Balaban J connectivity index is 2.82. The molecule has 2 aromatic rings. The van der Waals surface area contributed by atoms with Gasteiger partial charge in [-0.2, -0.15) is 0 Å². The van der Waals surface area contributed by atoms with Gasteiger partial charge in [-0.05, 0) is 35.1 Å². The fourth-order valence-electron chi connectivity index (χ4n) is 1.66. The number of alkyl halides is 1. The average molecular weight is 290 g/mol. The number of rotatable bonds is 2. The molecule has 0 amide bonds. The first kappa shape index (κ1) is 10.5. The first-order valence-electron chi connectivity index (χ1n) is 4.51. The maximum absolute atomic E-state index is 6.20. The molecule has 0 aliphatic carbocycles. The zero-order valence-corrected chi connectivity index (χ0v) is 11.0. The molecular formula is C11H10BrClS. The second kappa shape index (κ2) is 4.21. The van der Waals surface area contributed by atoms with E-state index in [1.54, 1.807) is 11.3 Å². The minimum absolute atomic E-state index is 0.878. The summed E-state index contributed by atoms with van der Waals surface area (Å²) in [6, 6.07) is 4.18. The lowest BCUT2D eigenvalue weighted by Crippen LogP contribution is -1.89. The van der Waals surface area contributed by atoms with E-state index < -0.39 is 0 Å². The van der Waals surface area contributed by atoms with Crippen LogP contribution in [0.25, 0.3) is 10.1 Å². The normalized spacial score (nSPS) is 11.1. The van der Waals surface area contributed by atoms with Crippen LogP contribution in [0.5, 0.6) is 0 Å². The van der Waals surface area contributed by atoms with E-state index in [-0.39, 0.29) is 0 Å². The predicted octanol–water partition coefficient (Wildman–Crippen LogP) is 5.01. The van der Waals surface area contributed by atoms with Crippen LogP contribution in [-0.2, 0) is 11.8 Å². The number of hydrogen-bond acceptors (Lipinski definition) is 1. The van der Waals surface area contributed by atoms with Crippen LogP contribution in [0.2, 0.25) is 5.02 Å². The van der Waals surface area contributed by atoms with E-state index in [0.29, 0.717) is 0 Å². The number of aryl methyl sites for hydroxylation is 1. The van der Waals surface area contributed by atoms with Crippen LogP contribution < -0.4 is 0 Å². The van der Waals surface area contributed by atoms with Crippen molar-refractivity contribution >= 4 is 49.0 Å². The van der Waals surface area contributed by atoms with Crippen molar-refractivity contribution in [1.82, 2.24) is 0 Å². The topological polar surface area (TPSA) is 0 Å². The highest BCUT2D eigenvalue weighted by Crippen LogP contribution is 2.34. The van der Waals surface area contributed by atoms with Crippen molar-refractivity contribution in [3.8, 4) is 0 Å². The fraction of sp³-hybridized carbons (Fsp3) is 0.273. The summed E-state index contributed by atoms with van der Waals surface area (Å²) in [4.78, 5) is 0. The third kappa shape index (κ3) is 1.60. The minimum Gasteiger partial charge on any atom is -0.143 e. The van der Waals surface area contributed by atoms with Crippen LogP contribution in [0, 0.1) is 0 Å². The van der Waals surface area contributed by atoms with Crippen LogP contribution >= 0.6 is 38.9 Å². The molecule has 0 bridgehead atoms. The fourth-order valence-corrected chi connectivity index (χ4v) is 3.82. The first-order chi connectivity index (χ1) is 6.77. The number of fused-ring (bicyclic) bond motifs is 1. The third-order valence-corrected chi connectivity index (χ3v) is 4.25. The molecular weight excluding hydrogens is 280 g/mol. The van der Waals surface area contributed by atoms with Crippen molar-refractivity contribution in [3.05, 3.63) is 33.7 Å². The van der Waals surface area contributed by atoms with Gasteiger partial charge in [-0.25, -0.2) is 0 Å². The molecule has 0 nitrogen and oxygen atoms in total. The van der Waals surface area contributed by atoms with E-state index in [4.69, 9.17) is 11.6 Å². The molecule has 0 aliphatic heterocycles. The summed E-state index contributed by atoms with van der Waals surface area (Å²) in [5, 5.41) is 5.07. The molecule has 0 radical (unpaired) electrons. The second-order valence-electron chi connectivity index (χ2n) is 3.15. The Labute approximate surface area is 101 Å². The van der Waals surface area contributed by atoms with Gasteiger partial charge in [-0.1, -0.05) is 34.5 Å². The monoisotopic (exact) mass is 288 g/mol. The number of benzene rings is 1. The van der Waals surface area contributed by atoms with Crippen LogP contribution in [-0.4, -0.2) is 0 Å². The maximum atomic E-state index is 6.20. The molecule has 1 heterocycles. The summed E-state index contributed by atoms with van der Waals surface area (Å²) >= 11 is 11.5. The third-order valence-electron chi connectivity index (χ3n) is 2.40. The second-order valence-corrected chi connectivity index (χ2v) is 5.03. The summed E-state index contributed by atoms with van der Waals surface area (Å²) in [6.45, 7) is 2.16. The highest BCUT2D eigenvalue weighted by Gasteiger charge is 2.09. The van der Waals surface area contributed by atoms with Crippen molar-refractivity contribution in [1.29, 1.82) is 0 Å². The molecule has 0 N–H and O–H groups in total. The smallest absolute Gasteiger partial charge is 0.0495 e. The summed E-state index contributed by atoms with van der Waals surface area (Å²) in [5.41, 5.74) is 2.74. The maximum Gasteiger partial charge on any atom is 0.0495 e. The van der Waals surface area contributed by atoms with Crippen LogP contribution in [0.15, 0.2) is 17.5 Å². The predicted molar refractivity (Wildman–Crippen MR) is 68.8 cm³/mol. The zero-order chi connectivity index (χ0) is 10.1. The molecule has 0 saturated heterocycles. The molecule has 3 heteroatoms. The van der Waals surface area contributed by atoms with E-state index in [1.165, 1.54) is 21.2 Å². The van der Waals surface area contributed by atoms with Gasteiger partial charge in [0.2, 0.25) is 0 Å². The number of halogens is 2. The number of hydrogen-bond donors (Lipinski definition) is 0. The van der Waals surface area contributed by atoms with Crippen molar-refractivity contribution in [3.63, 3.8) is 0 Å². The Morgan fingerprint density at radius 2 is 2.29 bits per heavy atom. The molecule has 0 atom stereocenters. The molecule has 0 fully saturated rings. The van der Waals surface area contributed by atoms with Crippen molar-refractivity contribution in [2.45, 2.75) is 18.7 Å². The number of thiophene rings is 1.